The molecule has 3 rings (SSSR count). The monoisotopic (exact) mass is 273 g/mol. The normalized spacial score (nSPS) is 14.4. The molecule has 0 saturated heterocycles. The molecule has 7 nitrogen and oxygen atoms in total. The predicted molar refractivity (Wildman–Crippen MR) is 72.4 cm³/mol. The highest BCUT2D eigenvalue weighted by Crippen LogP contribution is 2.27. The molecule has 7 heteroatoms. The van der Waals surface area contributed by atoms with Crippen LogP contribution in [0.5, 0.6) is 0 Å². The molecule has 1 aliphatic rings. The third-order valence-corrected chi connectivity index (χ3v) is 3.28. The van der Waals surface area contributed by atoms with Gasteiger partial charge in [0.05, 0.1) is 22.5 Å². The van der Waals surface area contributed by atoms with E-state index in [1.54, 1.807) is 23.0 Å². The van der Waals surface area contributed by atoms with Gasteiger partial charge in [0.1, 0.15) is 0 Å². The van der Waals surface area contributed by atoms with Gasteiger partial charge in [0, 0.05) is 18.7 Å². The minimum Gasteiger partial charge on any atom is -0.311 e. The van der Waals surface area contributed by atoms with Crippen LogP contribution in [0.4, 0.5) is 5.69 Å². The number of nitro groups is 1. The SMILES string of the molecule is O=[N+]([O-])c1cccc(-n2cc(CNCC3CC3)nn2)c1. The molecule has 1 heterocycles. The van der Waals surface area contributed by atoms with Crippen molar-refractivity contribution < 1.29 is 4.92 Å². The summed E-state index contributed by atoms with van der Waals surface area (Å²) in [5.41, 5.74) is 1.52. The fraction of sp³-hybridized carbons (Fsp3) is 0.385. The molecular weight excluding hydrogens is 258 g/mol. The standard InChI is InChI=1S/C13H15N5O2/c19-18(20)13-3-1-2-12(6-13)17-9-11(15-16-17)8-14-7-10-4-5-10/h1-3,6,9-10,14H,4-5,7-8H2. The number of aromatic nitrogens is 3. The largest absolute Gasteiger partial charge is 0.311 e. The summed E-state index contributed by atoms with van der Waals surface area (Å²) >= 11 is 0. The average Bonchev–Trinajstić information content (AvgIpc) is 3.15. The van der Waals surface area contributed by atoms with Crippen molar-refractivity contribution in [3.8, 4) is 5.69 Å². The Balaban J connectivity index is 1.68. The fourth-order valence-electron chi connectivity index (χ4n) is 1.98. The summed E-state index contributed by atoms with van der Waals surface area (Å²) < 4.78 is 1.56. The Hall–Kier alpha value is -2.28. The maximum atomic E-state index is 10.8. The zero-order chi connectivity index (χ0) is 13.9. The molecule has 0 atom stereocenters. The minimum atomic E-state index is -0.418. The van der Waals surface area contributed by atoms with Gasteiger partial charge in [-0.3, -0.25) is 10.1 Å². The van der Waals surface area contributed by atoms with E-state index in [0.29, 0.717) is 12.2 Å². The van der Waals surface area contributed by atoms with Crippen LogP contribution in [0.1, 0.15) is 18.5 Å². The predicted octanol–water partition coefficient (Wildman–Crippen LogP) is 1.68. The second-order valence-corrected chi connectivity index (χ2v) is 5.01. The number of nitro benzene ring substituents is 1. The molecule has 104 valence electrons. The van der Waals surface area contributed by atoms with E-state index in [9.17, 15) is 10.1 Å². The van der Waals surface area contributed by atoms with E-state index in [-0.39, 0.29) is 5.69 Å². The molecule has 0 amide bonds. The molecule has 20 heavy (non-hydrogen) atoms. The van der Waals surface area contributed by atoms with Crippen molar-refractivity contribution >= 4 is 5.69 Å². The Morgan fingerprint density at radius 1 is 1.45 bits per heavy atom. The van der Waals surface area contributed by atoms with Gasteiger partial charge in [-0.25, -0.2) is 4.68 Å². The Morgan fingerprint density at radius 2 is 2.30 bits per heavy atom. The molecule has 1 fully saturated rings. The minimum absolute atomic E-state index is 0.0476. The summed E-state index contributed by atoms with van der Waals surface area (Å²) in [7, 11) is 0. The van der Waals surface area contributed by atoms with Crippen molar-refractivity contribution in [1.29, 1.82) is 0 Å². The smallest absolute Gasteiger partial charge is 0.271 e. The van der Waals surface area contributed by atoms with Crippen molar-refractivity contribution in [3.63, 3.8) is 0 Å². The molecule has 0 radical (unpaired) electrons. The van der Waals surface area contributed by atoms with E-state index < -0.39 is 4.92 Å². The van der Waals surface area contributed by atoms with Crippen LogP contribution in [0.3, 0.4) is 0 Å². The maximum absolute atomic E-state index is 10.8. The lowest BCUT2D eigenvalue weighted by Crippen LogP contribution is -2.16. The molecule has 1 saturated carbocycles. The summed E-state index contributed by atoms with van der Waals surface area (Å²) in [5.74, 6) is 0.821. The fourth-order valence-corrected chi connectivity index (χ4v) is 1.98. The van der Waals surface area contributed by atoms with Crippen molar-refractivity contribution in [3.05, 3.63) is 46.3 Å². The number of hydrogen-bond donors (Lipinski definition) is 1. The van der Waals surface area contributed by atoms with Crippen molar-refractivity contribution in [2.75, 3.05) is 6.54 Å². The van der Waals surface area contributed by atoms with Crippen molar-refractivity contribution in [2.24, 2.45) is 5.92 Å². The van der Waals surface area contributed by atoms with Crippen molar-refractivity contribution in [2.45, 2.75) is 19.4 Å². The Kier molecular flexibility index (Phi) is 3.42. The van der Waals surface area contributed by atoms with E-state index in [1.807, 2.05) is 0 Å². The first-order chi connectivity index (χ1) is 9.72. The highest BCUT2D eigenvalue weighted by molar-refractivity contribution is 5.42. The first kappa shape index (κ1) is 12.7. The Bertz CT molecular complexity index is 621. The van der Waals surface area contributed by atoms with Gasteiger partial charge >= 0.3 is 0 Å². The Labute approximate surface area is 115 Å². The van der Waals surface area contributed by atoms with Gasteiger partial charge in [0.15, 0.2) is 0 Å². The average molecular weight is 273 g/mol. The molecule has 2 aromatic rings. The lowest BCUT2D eigenvalue weighted by atomic mass is 10.3. The molecule has 0 unspecified atom stereocenters. The summed E-state index contributed by atoms with van der Waals surface area (Å²) in [6.45, 7) is 1.69. The number of hydrogen-bond acceptors (Lipinski definition) is 5. The molecule has 1 N–H and O–H groups in total. The van der Waals surface area contributed by atoms with Crippen LogP contribution < -0.4 is 5.32 Å². The van der Waals surface area contributed by atoms with Gasteiger partial charge in [-0.15, -0.1) is 5.10 Å². The van der Waals surface area contributed by atoms with Crippen LogP contribution in [0.2, 0.25) is 0 Å². The number of non-ortho nitro benzene ring substituents is 1. The topological polar surface area (TPSA) is 85.9 Å². The highest BCUT2D eigenvalue weighted by Gasteiger charge is 2.20. The number of benzene rings is 1. The van der Waals surface area contributed by atoms with Gasteiger partial charge < -0.3 is 5.32 Å². The summed E-state index contributed by atoms with van der Waals surface area (Å²) in [5, 5.41) is 22.2. The zero-order valence-corrected chi connectivity index (χ0v) is 10.9. The van der Waals surface area contributed by atoms with E-state index in [0.717, 1.165) is 18.2 Å². The van der Waals surface area contributed by atoms with Crippen LogP contribution in [-0.2, 0) is 6.54 Å². The number of rotatable bonds is 6. The molecule has 0 spiro atoms. The third-order valence-electron chi connectivity index (χ3n) is 3.28. The molecule has 1 aromatic heterocycles. The summed E-state index contributed by atoms with van der Waals surface area (Å²) in [6, 6.07) is 6.35. The van der Waals surface area contributed by atoms with Crippen LogP contribution in [0.25, 0.3) is 5.69 Å². The lowest BCUT2D eigenvalue weighted by Gasteiger charge is -2.00. The van der Waals surface area contributed by atoms with Gasteiger partial charge in [-0.2, -0.15) is 0 Å². The zero-order valence-electron chi connectivity index (χ0n) is 10.9. The van der Waals surface area contributed by atoms with Crippen LogP contribution in [0.15, 0.2) is 30.5 Å². The van der Waals surface area contributed by atoms with E-state index in [2.05, 4.69) is 15.6 Å². The molecule has 0 bridgehead atoms. The first-order valence-corrected chi connectivity index (χ1v) is 6.59. The lowest BCUT2D eigenvalue weighted by molar-refractivity contribution is -0.384. The summed E-state index contributed by atoms with van der Waals surface area (Å²) in [4.78, 5) is 10.3. The second kappa shape index (κ2) is 5.38. The quantitative estimate of drug-likeness (QED) is 0.639. The summed E-state index contributed by atoms with van der Waals surface area (Å²) in [6.07, 6.45) is 4.42. The van der Waals surface area contributed by atoms with Gasteiger partial charge in [0.25, 0.3) is 5.69 Å². The Morgan fingerprint density at radius 3 is 3.05 bits per heavy atom. The van der Waals surface area contributed by atoms with E-state index in [1.165, 1.54) is 25.0 Å². The first-order valence-electron chi connectivity index (χ1n) is 6.59. The molecule has 1 aromatic carbocycles. The van der Waals surface area contributed by atoms with Gasteiger partial charge in [0.2, 0.25) is 0 Å². The number of nitrogens with zero attached hydrogens (tertiary/aromatic N) is 4. The number of nitrogens with one attached hydrogen (secondary N) is 1. The van der Waals surface area contributed by atoms with Gasteiger partial charge in [-0.05, 0) is 31.4 Å². The van der Waals surface area contributed by atoms with Crippen molar-refractivity contribution in [1.82, 2.24) is 20.3 Å². The van der Waals surface area contributed by atoms with Crippen LogP contribution in [-0.4, -0.2) is 26.5 Å². The van der Waals surface area contributed by atoms with E-state index >= 15 is 0 Å². The van der Waals surface area contributed by atoms with Crippen LogP contribution >= 0.6 is 0 Å². The maximum Gasteiger partial charge on any atom is 0.271 e. The third kappa shape index (κ3) is 3.00. The highest BCUT2D eigenvalue weighted by atomic mass is 16.6. The van der Waals surface area contributed by atoms with Crippen LogP contribution in [0, 0.1) is 16.0 Å². The van der Waals surface area contributed by atoms with Gasteiger partial charge in [-0.1, -0.05) is 11.3 Å². The second-order valence-electron chi connectivity index (χ2n) is 5.01. The molecular formula is C13H15N5O2. The molecule has 0 aliphatic heterocycles. The molecule has 1 aliphatic carbocycles. The van der Waals surface area contributed by atoms with E-state index in [4.69, 9.17) is 0 Å².